The molecule has 2 saturated heterocycles. The molecule has 2 N–H and O–H groups in total. The lowest BCUT2D eigenvalue weighted by Gasteiger charge is -2.28. The molecule has 2 unspecified atom stereocenters. The molecular weight excluding hydrogens is 262 g/mol. The number of likely N-dealkylation sites (N-methyl/N-ethyl adjacent to an activating group) is 1. The Balaban J connectivity index is 1.88. The monoisotopic (exact) mass is 289 g/mol. The maximum atomic E-state index is 6.02. The molecule has 2 aliphatic heterocycles. The standard InChI is InChI=1S/C16H27N5/c1-16(2,3)15-18-13(17)9-14(19-15)21-8-7-11-5-6-12(10-21)20(11)4/h9,11-12H,5-8,10H2,1-4H3,(H2,17,18,19). The highest BCUT2D eigenvalue weighted by Crippen LogP contribution is 2.31. The predicted octanol–water partition coefficient (Wildman–Crippen LogP) is 2.03. The molecule has 2 bridgehead atoms. The van der Waals surface area contributed by atoms with Gasteiger partial charge in [0.15, 0.2) is 0 Å². The van der Waals surface area contributed by atoms with E-state index < -0.39 is 0 Å². The van der Waals surface area contributed by atoms with Crippen LogP contribution >= 0.6 is 0 Å². The summed E-state index contributed by atoms with van der Waals surface area (Å²) in [6, 6.07) is 3.31. The molecule has 0 aliphatic carbocycles. The van der Waals surface area contributed by atoms with Gasteiger partial charge in [0.1, 0.15) is 17.5 Å². The Morgan fingerprint density at radius 2 is 1.86 bits per heavy atom. The number of anilines is 2. The zero-order chi connectivity index (χ0) is 15.2. The zero-order valence-corrected chi connectivity index (χ0v) is 13.6. The van der Waals surface area contributed by atoms with Crippen LogP contribution in [0.15, 0.2) is 6.07 Å². The van der Waals surface area contributed by atoms with E-state index in [2.05, 4.69) is 42.6 Å². The minimum atomic E-state index is -0.0776. The first-order chi connectivity index (χ1) is 9.84. The minimum Gasteiger partial charge on any atom is -0.384 e. The SMILES string of the molecule is CN1C2CCC1CN(c1cc(N)nc(C(C)(C)C)n1)CC2. The highest BCUT2D eigenvalue weighted by molar-refractivity contribution is 5.48. The number of hydrogen-bond donors (Lipinski definition) is 1. The molecule has 2 fully saturated rings. The van der Waals surface area contributed by atoms with Crippen molar-refractivity contribution in [1.29, 1.82) is 0 Å². The third-order valence-corrected chi connectivity index (χ3v) is 4.88. The first-order valence-electron chi connectivity index (χ1n) is 7.96. The molecule has 3 rings (SSSR count). The predicted molar refractivity (Wildman–Crippen MR) is 86.5 cm³/mol. The van der Waals surface area contributed by atoms with Crippen LogP contribution in [0.1, 0.15) is 45.9 Å². The van der Waals surface area contributed by atoms with Crippen molar-refractivity contribution < 1.29 is 0 Å². The maximum absolute atomic E-state index is 6.02. The van der Waals surface area contributed by atoms with Crippen molar-refractivity contribution >= 4 is 11.6 Å². The first-order valence-corrected chi connectivity index (χ1v) is 7.96. The number of hydrogen-bond acceptors (Lipinski definition) is 5. The van der Waals surface area contributed by atoms with Gasteiger partial charge in [-0.05, 0) is 26.3 Å². The van der Waals surface area contributed by atoms with E-state index in [0.717, 1.165) is 30.8 Å². The van der Waals surface area contributed by atoms with Gasteiger partial charge in [0, 0.05) is 36.7 Å². The second-order valence-corrected chi connectivity index (χ2v) is 7.51. The molecular formula is C16H27N5. The highest BCUT2D eigenvalue weighted by Gasteiger charge is 2.35. The van der Waals surface area contributed by atoms with Gasteiger partial charge >= 0.3 is 0 Å². The van der Waals surface area contributed by atoms with E-state index >= 15 is 0 Å². The molecule has 0 radical (unpaired) electrons. The summed E-state index contributed by atoms with van der Waals surface area (Å²) < 4.78 is 0. The smallest absolute Gasteiger partial charge is 0.138 e. The Labute approximate surface area is 127 Å². The van der Waals surface area contributed by atoms with Crippen molar-refractivity contribution in [2.45, 2.75) is 57.5 Å². The second-order valence-electron chi connectivity index (χ2n) is 7.51. The lowest BCUT2D eigenvalue weighted by Crippen LogP contribution is -2.37. The fraction of sp³-hybridized carbons (Fsp3) is 0.750. The molecule has 0 amide bonds. The molecule has 2 atom stereocenters. The number of rotatable bonds is 1. The largest absolute Gasteiger partial charge is 0.384 e. The Morgan fingerprint density at radius 1 is 1.14 bits per heavy atom. The Hall–Kier alpha value is -1.36. The molecule has 5 nitrogen and oxygen atoms in total. The summed E-state index contributed by atoms with van der Waals surface area (Å²) in [4.78, 5) is 14.2. The third kappa shape index (κ3) is 2.84. The number of nitrogen functional groups attached to an aromatic ring is 1. The lowest BCUT2D eigenvalue weighted by molar-refractivity contribution is 0.254. The van der Waals surface area contributed by atoms with E-state index in [-0.39, 0.29) is 5.41 Å². The molecule has 1 aromatic rings. The summed E-state index contributed by atoms with van der Waals surface area (Å²) in [5.41, 5.74) is 5.94. The highest BCUT2D eigenvalue weighted by atomic mass is 15.3. The summed E-state index contributed by atoms with van der Waals surface area (Å²) in [5, 5.41) is 0. The molecule has 0 aromatic carbocycles. The van der Waals surface area contributed by atoms with E-state index in [1.54, 1.807) is 0 Å². The maximum Gasteiger partial charge on any atom is 0.138 e. The number of nitrogens with zero attached hydrogens (tertiary/aromatic N) is 4. The summed E-state index contributed by atoms with van der Waals surface area (Å²) in [7, 11) is 2.26. The van der Waals surface area contributed by atoms with Crippen molar-refractivity contribution in [3.05, 3.63) is 11.9 Å². The molecule has 116 valence electrons. The van der Waals surface area contributed by atoms with Crippen molar-refractivity contribution in [2.75, 3.05) is 30.8 Å². The fourth-order valence-corrected chi connectivity index (χ4v) is 3.47. The van der Waals surface area contributed by atoms with Gasteiger partial charge in [-0.1, -0.05) is 20.8 Å². The molecule has 0 spiro atoms. The molecule has 1 aromatic heterocycles. The van der Waals surface area contributed by atoms with Gasteiger partial charge in [0.25, 0.3) is 0 Å². The normalized spacial score (nSPS) is 27.0. The van der Waals surface area contributed by atoms with Crippen molar-refractivity contribution in [2.24, 2.45) is 0 Å². The van der Waals surface area contributed by atoms with Crippen LogP contribution in [0.2, 0.25) is 0 Å². The molecule has 21 heavy (non-hydrogen) atoms. The summed E-state index contributed by atoms with van der Waals surface area (Å²) >= 11 is 0. The van der Waals surface area contributed by atoms with E-state index in [4.69, 9.17) is 10.7 Å². The summed E-state index contributed by atoms with van der Waals surface area (Å²) in [6.07, 6.45) is 3.85. The van der Waals surface area contributed by atoms with Crippen LogP contribution in [-0.4, -0.2) is 47.1 Å². The summed E-state index contributed by atoms with van der Waals surface area (Å²) in [6.45, 7) is 8.50. The zero-order valence-electron chi connectivity index (χ0n) is 13.6. The Morgan fingerprint density at radius 3 is 2.57 bits per heavy atom. The molecule has 5 heteroatoms. The van der Waals surface area contributed by atoms with Gasteiger partial charge in [-0.3, -0.25) is 4.90 Å². The van der Waals surface area contributed by atoms with Crippen LogP contribution in [-0.2, 0) is 5.41 Å². The summed E-state index contributed by atoms with van der Waals surface area (Å²) in [5.74, 6) is 2.40. The van der Waals surface area contributed by atoms with Gasteiger partial charge in [-0.25, -0.2) is 9.97 Å². The van der Waals surface area contributed by atoms with Crippen LogP contribution in [0.4, 0.5) is 11.6 Å². The first kappa shape index (κ1) is 14.6. The van der Waals surface area contributed by atoms with Crippen LogP contribution in [0.25, 0.3) is 0 Å². The van der Waals surface area contributed by atoms with E-state index in [1.807, 2.05) is 6.07 Å². The Bertz CT molecular complexity index is 522. The van der Waals surface area contributed by atoms with Gasteiger partial charge in [0.05, 0.1) is 0 Å². The Kier molecular flexibility index (Phi) is 3.56. The van der Waals surface area contributed by atoms with Crippen LogP contribution < -0.4 is 10.6 Å². The van der Waals surface area contributed by atoms with Crippen LogP contribution in [0.5, 0.6) is 0 Å². The minimum absolute atomic E-state index is 0.0776. The van der Waals surface area contributed by atoms with Crippen molar-refractivity contribution in [3.8, 4) is 0 Å². The lowest BCUT2D eigenvalue weighted by atomic mass is 9.96. The quantitative estimate of drug-likeness (QED) is 0.857. The van der Waals surface area contributed by atoms with Crippen LogP contribution in [0.3, 0.4) is 0 Å². The second kappa shape index (κ2) is 5.13. The molecule has 0 saturated carbocycles. The van der Waals surface area contributed by atoms with Gasteiger partial charge in [0.2, 0.25) is 0 Å². The average Bonchev–Trinajstić information content (AvgIpc) is 2.61. The number of aromatic nitrogens is 2. The third-order valence-electron chi connectivity index (χ3n) is 4.88. The fourth-order valence-electron chi connectivity index (χ4n) is 3.47. The van der Waals surface area contributed by atoms with E-state index in [9.17, 15) is 0 Å². The molecule has 3 heterocycles. The van der Waals surface area contributed by atoms with E-state index in [0.29, 0.717) is 11.9 Å². The van der Waals surface area contributed by atoms with E-state index in [1.165, 1.54) is 19.3 Å². The van der Waals surface area contributed by atoms with Gasteiger partial charge in [-0.2, -0.15) is 0 Å². The van der Waals surface area contributed by atoms with Crippen molar-refractivity contribution in [3.63, 3.8) is 0 Å². The topological polar surface area (TPSA) is 58.3 Å². The number of nitrogens with two attached hydrogens (primary N) is 1. The number of fused-ring (bicyclic) bond motifs is 2. The molecule has 2 aliphatic rings. The van der Waals surface area contributed by atoms with Crippen molar-refractivity contribution in [1.82, 2.24) is 14.9 Å². The van der Waals surface area contributed by atoms with Gasteiger partial charge in [-0.15, -0.1) is 0 Å². The van der Waals surface area contributed by atoms with Gasteiger partial charge < -0.3 is 10.6 Å². The average molecular weight is 289 g/mol. The van der Waals surface area contributed by atoms with Crippen LogP contribution in [0, 0.1) is 0 Å².